The molecule has 0 saturated heterocycles. The van der Waals surface area contributed by atoms with Crippen LogP contribution in [-0.2, 0) is 0 Å². The molecule has 2 N–H and O–H groups in total. The van der Waals surface area contributed by atoms with Crippen LogP contribution >= 0.6 is 0 Å². The molecule has 0 amide bonds. The molecule has 6 nitrogen and oxygen atoms in total. The summed E-state index contributed by atoms with van der Waals surface area (Å²) in [5.74, 6) is 0.523. The Morgan fingerprint density at radius 1 is 1.16 bits per heavy atom. The van der Waals surface area contributed by atoms with Crippen LogP contribution in [0.25, 0.3) is 11.0 Å². The first kappa shape index (κ1) is 12.9. The number of anilines is 2. The molecule has 0 saturated carbocycles. The van der Waals surface area contributed by atoms with Crippen molar-refractivity contribution in [2.45, 2.75) is 20.8 Å². The second-order valence-electron chi connectivity index (χ2n) is 3.64. The highest BCUT2D eigenvalue weighted by Crippen LogP contribution is 2.15. The zero-order valence-electron chi connectivity index (χ0n) is 11.2. The van der Waals surface area contributed by atoms with E-state index in [0.29, 0.717) is 11.6 Å². The number of H-pyrrole nitrogens is 1. The van der Waals surface area contributed by atoms with Crippen molar-refractivity contribution in [3.8, 4) is 0 Å². The van der Waals surface area contributed by atoms with E-state index >= 15 is 0 Å². The fraction of sp³-hybridized carbons (Fsp3) is 0.231. The molecule has 0 aliphatic rings. The standard InChI is InChI=1S/C11H10N6.C2H6/c1-7-9-6-13-11(15-10(9)17-16-7)14-8-2-4-12-5-3-8;1-2/h2-6H,1H3,(H2,12,13,14,15,16,17);1-2H3. The Balaban J connectivity index is 0.000000637. The first-order valence-electron chi connectivity index (χ1n) is 6.18. The summed E-state index contributed by atoms with van der Waals surface area (Å²) in [6.45, 7) is 5.94. The highest BCUT2D eigenvalue weighted by Gasteiger charge is 2.05. The maximum absolute atomic E-state index is 4.31. The molecule has 98 valence electrons. The largest absolute Gasteiger partial charge is 0.324 e. The van der Waals surface area contributed by atoms with Crippen molar-refractivity contribution in [1.82, 2.24) is 25.1 Å². The van der Waals surface area contributed by atoms with Gasteiger partial charge in [0.15, 0.2) is 5.65 Å². The summed E-state index contributed by atoms with van der Waals surface area (Å²) in [6.07, 6.45) is 5.17. The minimum atomic E-state index is 0.523. The van der Waals surface area contributed by atoms with Crippen LogP contribution in [0.3, 0.4) is 0 Å². The molecule has 0 radical (unpaired) electrons. The molecule has 0 atom stereocenters. The topological polar surface area (TPSA) is 79.4 Å². The Hall–Kier alpha value is -2.50. The summed E-state index contributed by atoms with van der Waals surface area (Å²) in [5, 5.41) is 11.0. The summed E-state index contributed by atoms with van der Waals surface area (Å²) in [4.78, 5) is 12.5. The molecule has 19 heavy (non-hydrogen) atoms. The van der Waals surface area contributed by atoms with Gasteiger partial charge in [0.25, 0.3) is 0 Å². The lowest BCUT2D eigenvalue weighted by molar-refractivity contribution is 1.05. The summed E-state index contributed by atoms with van der Waals surface area (Å²) < 4.78 is 0. The van der Waals surface area contributed by atoms with Gasteiger partial charge in [0.1, 0.15) is 0 Å². The highest BCUT2D eigenvalue weighted by molar-refractivity contribution is 5.77. The number of aromatic amines is 1. The van der Waals surface area contributed by atoms with Gasteiger partial charge in [0.05, 0.1) is 5.39 Å². The van der Waals surface area contributed by atoms with Crippen molar-refractivity contribution < 1.29 is 0 Å². The van der Waals surface area contributed by atoms with Gasteiger partial charge < -0.3 is 5.32 Å². The van der Waals surface area contributed by atoms with Crippen molar-refractivity contribution in [3.05, 3.63) is 36.4 Å². The van der Waals surface area contributed by atoms with Crippen LogP contribution in [0.1, 0.15) is 19.5 Å². The summed E-state index contributed by atoms with van der Waals surface area (Å²) in [7, 11) is 0. The maximum Gasteiger partial charge on any atom is 0.229 e. The molecule has 0 bridgehead atoms. The van der Waals surface area contributed by atoms with Gasteiger partial charge in [-0.25, -0.2) is 4.98 Å². The molecule has 0 aliphatic carbocycles. The third kappa shape index (κ3) is 2.85. The van der Waals surface area contributed by atoms with E-state index in [1.165, 1.54) is 0 Å². The van der Waals surface area contributed by atoms with Crippen molar-refractivity contribution in [2.75, 3.05) is 5.32 Å². The Morgan fingerprint density at radius 2 is 1.89 bits per heavy atom. The van der Waals surface area contributed by atoms with Crippen LogP contribution in [0.5, 0.6) is 0 Å². The normalized spacial score (nSPS) is 9.84. The first-order chi connectivity index (χ1) is 9.33. The number of nitrogens with one attached hydrogen (secondary N) is 2. The fourth-order valence-corrected chi connectivity index (χ4v) is 1.54. The third-order valence-electron chi connectivity index (χ3n) is 2.44. The SMILES string of the molecule is CC.Cc1[nH]nc2nc(Nc3ccncc3)ncc12. The lowest BCUT2D eigenvalue weighted by atomic mass is 10.3. The van der Waals surface area contributed by atoms with Crippen molar-refractivity contribution in [3.63, 3.8) is 0 Å². The lowest BCUT2D eigenvalue weighted by Gasteiger charge is -2.02. The van der Waals surface area contributed by atoms with E-state index in [9.17, 15) is 0 Å². The molecular formula is C13H16N6. The van der Waals surface area contributed by atoms with Crippen LogP contribution in [0, 0.1) is 6.92 Å². The second kappa shape index (κ2) is 5.90. The van der Waals surface area contributed by atoms with Crippen LogP contribution < -0.4 is 5.32 Å². The van der Waals surface area contributed by atoms with Gasteiger partial charge >= 0.3 is 0 Å². The molecule has 3 rings (SSSR count). The number of rotatable bonds is 2. The average Bonchev–Trinajstić information content (AvgIpc) is 2.83. The Kier molecular flexibility index (Phi) is 4.02. The van der Waals surface area contributed by atoms with E-state index < -0.39 is 0 Å². The number of hydrogen-bond donors (Lipinski definition) is 2. The Labute approximate surface area is 111 Å². The van der Waals surface area contributed by atoms with Crippen LogP contribution in [0.2, 0.25) is 0 Å². The van der Waals surface area contributed by atoms with Gasteiger partial charge in [-0.05, 0) is 19.1 Å². The van der Waals surface area contributed by atoms with Gasteiger partial charge in [0.2, 0.25) is 5.95 Å². The highest BCUT2D eigenvalue weighted by atomic mass is 15.2. The summed E-state index contributed by atoms with van der Waals surface area (Å²) in [6, 6.07) is 3.70. The zero-order chi connectivity index (χ0) is 13.7. The number of pyridine rings is 1. The van der Waals surface area contributed by atoms with Crippen LogP contribution in [-0.4, -0.2) is 25.1 Å². The second-order valence-corrected chi connectivity index (χ2v) is 3.64. The molecule has 0 aliphatic heterocycles. The van der Waals surface area contributed by atoms with Gasteiger partial charge in [-0.15, -0.1) is 0 Å². The number of fused-ring (bicyclic) bond motifs is 1. The maximum atomic E-state index is 4.31. The van der Waals surface area contributed by atoms with E-state index in [4.69, 9.17) is 0 Å². The minimum absolute atomic E-state index is 0.523. The molecule has 3 heterocycles. The molecule has 0 spiro atoms. The molecule has 3 aromatic rings. The average molecular weight is 256 g/mol. The van der Waals surface area contributed by atoms with E-state index in [1.54, 1.807) is 18.6 Å². The van der Waals surface area contributed by atoms with E-state index in [1.807, 2.05) is 32.9 Å². The molecule has 0 fully saturated rings. The number of aromatic nitrogens is 5. The van der Waals surface area contributed by atoms with Gasteiger partial charge in [-0.3, -0.25) is 10.1 Å². The Bertz CT molecular complexity index is 647. The van der Waals surface area contributed by atoms with Crippen molar-refractivity contribution >= 4 is 22.7 Å². The summed E-state index contributed by atoms with van der Waals surface area (Å²) >= 11 is 0. The summed E-state index contributed by atoms with van der Waals surface area (Å²) in [5.41, 5.74) is 2.52. The predicted molar refractivity (Wildman–Crippen MR) is 75.3 cm³/mol. The minimum Gasteiger partial charge on any atom is -0.324 e. The van der Waals surface area contributed by atoms with Crippen molar-refractivity contribution in [1.29, 1.82) is 0 Å². The molecule has 3 aromatic heterocycles. The quantitative estimate of drug-likeness (QED) is 0.737. The third-order valence-corrected chi connectivity index (χ3v) is 2.44. The van der Waals surface area contributed by atoms with E-state index in [2.05, 4.69) is 30.5 Å². The van der Waals surface area contributed by atoms with Crippen LogP contribution in [0.15, 0.2) is 30.7 Å². The van der Waals surface area contributed by atoms with E-state index in [0.717, 1.165) is 16.8 Å². The van der Waals surface area contributed by atoms with Crippen LogP contribution in [0.4, 0.5) is 11.6 Å². The number of aryl methyl sites for hydroxylation is 1. The monoisotopic (exact) mass is 256 g/mol. The molecule has 0 unspecified atom stereocenters. The fourth-order valence-electron chi connectivity index (χ4n) is 1.54. The zero-order valence-corrected chi connectivity index (χ0v) is 11.2. The first-order valence-corrected chi connectivity index (χ1v) is 6.18. The molecule has 6 heteroatoms. The van der Waals surface area contributed by atoms with E-state index in [-0.39, 0.29) is 0 Å². The lowest BCUT2D eigenvalue weighted by Crippen LogP contribution is -1.96. The van der Waals surface area contributed by atoms with Crippen molar-refractivity contribution in [2.24, 2.45) is 0 Å². The number of hydrogen-bond acceptors (Lipinski definition) is 5. The molecule has 0 aromatic carbocycles. The van der Waals surface area contributed by atoms with Gasteiger partial charge in [0, 0.05) is 30.0 Å². The Morgan fingerprint density at radius 3 is 2.63 bits per heavy atom. The van der Waals surface area contributed by atoms with Gasteiger partial charge in [-0.1, -0.05) is 13.8 Å². The number of nitrogens with zero attached hydrogens (tertiary/aromatic N) is 4. The van der Waals surface area contributed by atoms with Gasteiger partial charge in [-0.2, -0.15) is 10.1 Å². The predicted octanol–water partition coefficient (Wildman–Crippen LogP) is 2.83. The molecular weight excluding hydrogens is 240 g/mol. The smallest absolute Gasteiger partial charge is 0.229 e.